The van der Waals surface area contributed by atoms with Gasteiger partial charge in [-0.15, -0.1) is 0 Å². The molecular weight excluding hydrogens is 350 g/mol. The van der Waals surface area contributed by atoms with Gasteiger partial charge in [0.25, 0.3) is 0 Å². The molecule has 0 unspecified atom stereocenters. The summed E-state index contributed by atoms with van der Waals surface area (Å²) in [7, 11) is -1.26. The van der Waals surface area contributed by atoms with Crippen molar-refractivity contribution in [1.29, 1.82) is 0 Å². The molecule has 0 bridgehead atoms. The summed E-state index contributed by atoms with van der Waals surface area (Å²) in [5.41, 5.74) is 1.88. The van der Waals surface area contributed by atoms with Crippen LogP contribution in [0.25, 0.3) is 0 Å². The number of piperazine rings is 1. The zero-order valence-electron chi connectivity index (χ0n) is 15.7. The Kier molecular flexibility index (Phi) is 5.99. The molecule has 1 aromatic rings. The van der Waals surface area contributed by atoms with Crippen molar-refractivity contribution >= 4 is 15.9 Å². The van der Waals surface area contributed by atoms with Gasteiger partial charge in [-0.3, -0.25) is 4.79 Å². The van der Waals surface area contributed by atoms with Crippen LogP contribution in [0.5, 0.6) is 0 Å². The summed E-state index contributed by atoms with van der Waals surface area (Å²) in [6.45, 7) is 6.23. The van der Waals surface area contributed by atoms with Crippen molar-refractivity contribution in [3.63, 3.8) is 0 Å². The van der Waals surface area contributed by atoms with Crippen LogP contribution in [0.2, 0.25) is 0 Å². The standard InChI is InChI=1S/C19H29N3O3S/c1-16-4-3-5-17(14-16)15-26(24,25)22-8-6-18(7-9-22)19(23)21-12-10-20(2)11-13-21/h3-5,14,18H,6-13,15H2,1-2H3. The molecule has 0 aromatic heterocycles. The lowest BCUT2D eigenvalue weighted by Crippen LogP contribution is -2.51. The molecule has 0 aliphatic carbocycles. The number of sulfonamides is 1. The number of rotatable bonds is 4. The van der Waals surface area contributed by atoms with Gasteiger partial charge in [0.1, 0.15) is 0 Å². The van der Waals surface area contributed by atoms with E-state index in [1.165, 1.54) is 0 Å². The molecule has 1 aromatic carbocycles. The number of aryl methyl sites for hydroxylation is 1. The third kappa shape index (κ3) is 4.64. The number of amides is 1. The number of hydrogen-bond donors (Lipinski definition) is 0. The van der Waals surface area contributed by atoms with Gasteiger partial charge in [0.05, 0.1) is 5.75 Å². The van der Waals surface area contributed by atoms with E-state index in [-0.39, 0.29) is 17.6 Å². The molecule has 7 heteroatoms. The Morgan fingerprint density at radius 3 is 2.35 bits per heavy atom. The highest BCUT2D eigenvalue weighted by atomic mass is 32.2. The second-order valence-electron chi connectivity index (χ2n) is 7.55. The minimum atomic E-state index is -3.33. The van der Waals surface area contributed by atoms with E-state index in [2.05, 4.69) is 11.9 Å². The predicted molar refractivity (Wildman–Crippen MR) is 102 cm³/mol. The summed E-state index contributed by atoms with van der Waals surface area (Å²) >= 11 is 0. The number of carbonyl (C=O) groups is 1. The van der Waals surface area contributed by atoms with Crippen molar-refractivity contribution < 1.29 is 13.2 Å². The molecular formula is C19H29N3O3S. The first-order valence-corrected chi connectivity index (χ1v) is 11.0. The summed E-state index contributed by atoms with van der Waals surface area (Å²) in [5.74, 6) is 0.198. The first-order valence-electron chi connectivity index (χ1n) is 9.36. The molecule has 0 N–H and O–H groups in total. The van der Waals surface area contributed by atoms with Crippen LogP contribution in [0.4, 0.5) is 0 Å². The molecule has 6 nitrogen and oxygen atoms in total. The Labute approximate surface area is 156 Å². The van der Waals surface area contributed by atoms with Crippen molar-refractivity contribution in [1.82, 2.24) is 14.1 Å². The van der Waals surface area contributed by atoms with Crippen LogP contribution in [0.15, 0.2) is 24.3 Å². The summed E-state index contributed by atoms with van der Waals surface area (Å²) in [5, 5.41) is 0. The summed E-state index contributed by atoms with van der Waals surface area (Å²) in [6.07, 6.45) is 1.25. The average Bonchev–Trinajstić information content (AvgIpc) is 2.61. The lowest BCUT2D eigenvalue weighted by molar-refractivity contribution is -0.138. The van der Waals surface area contributed by atoms with Gasteiger partial charge in [-0.25, -0.2) is 12.7 Å². The fraction of sp³-hybridized carbons (Fsp3) is 0.632. The lowest BCUT2D eigenvalue weighted by atomic mass is 9.96. The number of hydrogen-bond acceptors (Lipinski definition) is 4. The van der Waals surface area contributed by atoms with E-state index in [0.29, 0.717) is 25.9 Å². The molecule has 26 heavy (non-hydrogen) atoms. The van der Waals surface area contributed by atoms with Gasteiger partial charge in [-0.05, 0) is 32.4 Å². The highest BCUT2D eigenvalue weighted by Gasteiger charge is 2.33. The first kappa shape index (κ1) is 19.3. The minimum Gasteiger partial charge on any atom is -0.340 e. The van der Waals surface area contributed by atoms with E-state index in [1.807, 2.05) is 36.1 Å². The Morgan fingerprint density at radius 2 is 1.73 bits per heavy atom. The molecule has 1 amide bonds. The summed E-state index contributed by atoms with van der Waals surface area (Å²) < 4.78 is 27.0. The maximum absolute atomic E-state index is 12.7. The molecule has 2 aliphatic rings. The van der Waals surface area contributed by atoms with Gasteiger partial charge in [0.15, 0.2) is 0 Å². The number of benzene rings is 1. The van der Waals surface area contributed by atoms with E-state index in [9.17, 15) is 13.2 Å². The van der Waals surface area contributed by atoms with E-state index in [0.717, 1.165) is 37.3 Å². The van der Waals surface area contributed by atoms with Crippen LogP contribution < -0.4 is 0 Å². The molecule has 2 aliphatic heterocycles. The molecule has 0 atom stereocenters. The lowest BCUT2D eigenvalue weighted by Gasteiger charge is -2.37. The zero-order chi connectivity index (χ0) is 18.7. The van der Waals surface area contributed by atoms with Crippen LogP contribution in [-0.4, -0.2) is 74.7 Å². The predicted octanol–water partition coefficient (Wildman–Crippen LogP) is 1.31. The van der Waals surface area contributed by atoms with Crippen LogP contribution >= 0.6 is 0 Å². The van der Waals surface area contributed by atoms with Crippen LogP contribution in [0.1, 0.15) is 24.0 Å². The molecule has 144 valence electrons. The normalized spacial score (nSPS) is 21.1. The minimum absolute atomic E-state index is 0.0335. The second kappa shape index (κ2) is 8.06. The van der Waals surface area contributed by atoms with Gasteiger partial charge in [-0.1, -0.05) is 29.8 Å². The van der Waals surface area contributed by atoms with Crippen LogP contribution in [-0.2, 0) is 20.6 Å². The molecule has 2 fully saturated rings. The van der Waals surface area contributed by atoms with Gasteiger partial charge >= 0.3 is 0 Å². The number of carbonyl (C=O) groups excluding carboxylic acids is 1. The van der Waals surface area contributed by atoms with Crippen molar-refractivity contribution in [2.75, 3.05) is 46.3 Å². The number of piperidine rings is 1. The Morgan fingerprint density at radius 1 is 1.08 bits per heavy atom. The first-order chi connectivity index (χ1) is 12.3. The second-order valence-corrected chi connectivity index (χ2v) is 9.52. The average molecular weight is 380 g/mol. The fourth-order valence-corrected chi connectivity index (χ4v) is 5.32. The molecule has 3 rings (SSSR count). The third-order valence-electron chi connectivity index (χ3n) is 5.44. The van der Waals surface area contributed by atoms with Gasteiger partial charge < -0.3 is 9.80 Å². The maximum Gasteiger partial charge on any atom is 0.225 e. The number of nitrogens with zero attached hydrogens (tertiary/aromatic N) is 3. The maximum atomic E-state index is 12.7. The Balaban J connectivity index is 1.55. The zero-order valence-corrected chi connectivity index (χ0v) is 16.5. The smallest absolute Gasteiger partial charge is 0.225 e. The summed E-state index contributed by atoms with van der Waals surface area (Å²) in [6, 6.07) is 7.63. The van der Waals surface area contributed by atoms with E-state index in [4.69, 9.17) is 0 Å². The largest absolute Gasteiger partial charge is 0.340 e. The molecule has 0 radical (unpaired) electrons. The summed E-state index contributed by atoms with van der Waals surface area (Å²) in [4.78, 5) is 16.9. The quantitative estimate of drug-likeness (QED) is 0.791. The Bertz CT molecular complexity index is 734. The van der Waals surface area contributed by atoms with Crippen LogP contribution in [0.3, 0.4) is 0 Å². The SMILES string of the molecule is Cc1cccc(CS(=O)(=O)N2CCC(C(=O)N3CCN(C)CC3)CC2)c1. The fourth-order valence-electron chi connectivity index (χ4n) is 3.77. The van der Waals surface area contributed by atoms with Gasteiger partial charge in [0.2, 0.25) is 15.9 Å². The van der Waals surface area contributed by atoms with Crippen molar-refractivity contribution in [3.05, 3.63) is 35.4 Å². The monoisotopic (exact) mass is 379 g/mol. The van der Waals surface area contributed by atoms with Gasteiger partial charge in [0, 0.05) is 45.2 Å². The third-order valence-corrected chi connectivity index (χ3v) is 7.29. The topological polar surface area (TPSA) is 60.9 Å². The van der Waals surface area contributed by atoms with Crippen LogP contribution in [0, 0.1) is 12.8 Å². The number of likely N-dealkylation sites (N-methyl/N-ethyl adjacent to an activating group) is 1. The highest BCUT2D eigenvalue weighted by Crippen LogP contribution is 2.24. The van der Waals surface area contributed by atoms with E-state index < -0.39 is 10.0 Å². The Hall–Kier alpha value is -1.44. The van der Waals surface area contributed by atoms with E-state index in [1.54, 1.807) is 4.31 Å². The molecule has 0 spiro atoms. The van der Waals surface area contributed by atoms with E-state index >= 15 is 0 Å². The van der Waals surface area contributed by atoms with Crippen molar-refractivity contribution in [2.45, 2.75) is 25.5 Å². The van der Waals surface area contributed by atoms with Gasteiger partial charge in [-0.2, -0.15) is 0 Å². The molecule has 2 heterocycles. The van der Waals surface area contributed by atoms with Crippen molar-refractivity contribution in [2.24, 2.45) is 5.92 Å². The molecule has 0 saturated carbocycles. The highest BCUT2D eigenvalue weighted by molar-refractivity contribution is 7.88. The molecule has 2 saturated heterocycles. The van der Waals surface area contributed by atoms with Crippen molar-refractivity contribution in [3.8, 4) is 0 Å².